The highest BCUT2D eigenvalue weighted by Gasteiger charge is 2.17. The summed E-state index contributed by atoms with van der Waals surface area (Å²) in [6.07, 6.45) is 0.817. The fraction of sp³-hybridized carbons (Fsp3) is 0.417. The van der Waals surface area contributed by atoms with Gasteiger partial charge in [0.15, 0.2) is 0 Å². The van der Waals surface area contributed by atoms with Crippen molar-refractivity contribution in [3.05, 3.63) is 33.9 Å². The Bertz CT molecular complexity index is 458. The lowest BCUT2D eigenvalue weighted by molar-refractivity contribution is -0.384. The van der Waals surface area contributed by atoms with Gasteiger partial charge in [-0.1, -0.05) is 6.92 Å². The average molecular weight is 251 g/mol. The molecule has 0 heterocycles. The Labute approximate surface area is 106 Å². The van der Waals surface area contributed by atoms with Gasteiger partial charge in [0.05, 0.1) is 10.5 Å². The summed E-state index contributed by atoms with van der Waals surface area (Å²) in [5.41, 5.74) is 0.902. The summed E-state index contributed by atoms with van der Waals surface area (Å²) in [7, 11) is 3.58. The molecule has 1 amide bonds. The van der Waals surface area contributed by atoms with E-state index in [-0.39, 0.29) is 11.6 Å². The zero-order valence-electron chi connectivity index (χ0n) is 10.8. The van der Waals surface area contributed by atoms with E-state index in [0.717, 1.165) is 6.42 Å². The third-order valence-electron chi connectivity index (χ3n) is 2.45. The van der Waals surface area contributed by atoms with Crippen LogP contribution in [0.25, 0.3) is 0 Å². The molecule has 0 saturated heterocycles. The normalized spacial score (nSPS) is 9.94. The number of hydrogen-bond donors (Lipinski definition) is 1. The van der Waals surface area contributed by atoms with Crippen molar-refractivity contribution < 1.29 is 9.72 Å². The van der Waals surface area contributed by atoms with Crippen LogP contribution in [-0.4, -0.2) is 31.5 Å². The van der Waals surface area contributed by atoms with Crippen molar-refractivity contribution in [1.29, 1.82) is 0 Å². The summed E-state index contributed by atoms with van der Waals surface area (Å²) in [5, 5.41) is 13.5. The maximum Gasteiger partial charge on any atom is 0.270 e. The Balaban J connectivity index is 3.14. The molecule has 0 bridgehead atoms. The number of nitrogens with one attached hydrogen (secondary N) is 1. The van der Waals surface area contributed by atoms with Gasteiger partial charge in [0, 0.05) is 38.5 Å². The van der Waals surface area contributed by atoms with Crippen LogP contribution in [0.15, 0.2) is 18.2 Å². The molecule has 0 atom stereocenters. The van der Waals surface area contributed by atoms with Crippen LogP contribution in [-0.2, 0) is 0 Å². The van der Waals surface area contributed by atoms with E-state index in [1.54, 1.807) is 25.1 Å². The zero-order chi connectivity index (χ0) is 13.7. The van der Waals surface area contributed by atoms with Crippen molar-refractivity contribution in [1.82, 2.24) is 5.32 Å². The molecule has 0 unspecified atom stereocenters. The summed E-state index contributed by atoms with van der Waals surface area (Å²) in [5.74, 6) is -0.288. The van der Waals surface area contributed by atoms with Crippen molar-refractivity contribution in [2.75, 3.05) is 25.5 Å². The largest absolute Gasteiger partial charge is 0.377 e. The quantitative estimate of drug-likeness (QED) is 0.639. The molecular formula is C12H17N3O3. The Morgan fingerprint density at radius 1 is 1.44 bits per heavy atom. The van der Waals surface area contributed by atoms with Crippen LogP contribution in [0.4, 0.5) is 11.4 Å². The molecule has 0 aliphatic rings. The van der Waals surface area contributed by atoms with Crippen molar-refractivity contribution in [2.45, 2.75) is 13.3 Å². The molecule has 1 aromatic rings. The van der Waals surface area contributed by atoms with Crippen LogP contribution in [0.3, 0.4) is 0 Å². The molecule has 1 rings (SSSR count). The van der Waals surface area contributed by atoms with Crippen LogP contribution in [0.2, 0.25) is 0 Å². The first kappa shape index (κ1) is 14.0. The minimum Gasteiger partial charge on any atom is -0.377 e. The summed E-state index contributed by atoms with van der Waals surface area (Å²) in [6.45, 7) is 2.50. The smallest absolute Gasteiger partial charge is 0.270 e. The fourth-order valence-corrected chi connectivity index (χ4v) is 1.54. The van der Waals surface area contributed by atoms with E-state index in [1.807, 2.05) is 6.92 Å². The lowest BCUT2D eigenvalue weighted by atomic mass is 10.1. The van der Waals surface area contributed by atoms with E-state index in [1.165, 1.54) is 12.1 Å². The van der Waals surface area contributed by atoms with Crippen LogP contribution in [0.1, 0.15) is 23.7 Å². The standard InChI is InChI=1S/C12H17N3O3/c1-4-7-13-12(16)10-8-9(15(17)18)5-6-11(10)14(2)3/h5-6,8H,4,7H2,1-3H3,(H,13,16). The summed E-state index contributed by atoms with van der Waals surface area (Å²) in [4.78, 5) is 23.9. The van der Waals surface area contributed by atoms with E-state index in [9.17, 15) is 14.9 Å². The van der Waals surface area contributed by atoms with Gasteiger partial charge in [-0.2, -0.15) is 0 Å². The molecule has 0 fully saturated rings. The Morgan fingerprint density at radius 2 is 2.11 bits per heavy atom. The fourth-order valence-electron chi connectivity index (χ4n) is 1.54. The van der Waals surface area contributed by atoms with Crippen LogP contribution < -0.4 is 10.2 Å². The van der Waals surface area contributed by atoms with Crippen LogP contribution in [0.5, 0.6) is 0 Å². The summed E-state index contributed by atoms with van der Waals surface area (Å²) in [6, 6.07) is 4.28. The van der Waals surface area contributed by atoms with Gasteiger partial charge in [-0.25, -0.2) is 0 Å². The molecule has 18 heavy (non-hydrogen) atoms. The minimum absolute atomic E-state index is 0.0813. The number of carbonyl (C=O) groups is 1. The van der Waals surface area contributed by atoms with Gasteiger partial charge < -0.3 is 10.2 Å². The Morgan fingerprint density at radius 3 is 2.61 bits per heavy atom. The molecule has 98 valence electrons. The van der Waals surface area contributed by atoms with Gasteiger partial charge in [0.1, 0.15) is 0 Å². The summed E-state index contributed by atoms with van der Waals surface area (Å²) < 4.78 is 0. The lowest BCUT2D eigenvalue weighted by Crippen LogP contribution is -2.26. The molecule has 0 aliphatic heterocycles. The second kappa shape index (κ2) is 6.00. The van der Waals surface area contributed by atoms with Crippen molar-refractivity contribution in [3.63, 3.8) is 0 Å². The number of rotatable bonds is 5. The highest BCUT2D eigenvalue weighted by molar-refractivity contribution is 6.00. The SMILES string of the molecule is CCCNC(=O)c1cc([N+](=O)[O-])ccc1N(C)C. The molecule has 0 aliphatic carbocycles. The number of nitrogens with zero attached hydrogens (tertiary/aromatic N) is 2. The lowest BCUT2D eigenvalue weighted by Gasteiger charge is -2.16. The van der Waals surface area contributed by atoms with Gasteiger partial charge >= 0.3 is 0 Å². The molecule has 0 spiro atoms. The molecule has 1 N–H and O–H groups in total. The van der Waals surface area contributed by atoms with Crippen molar-refractivity contribution in [3.8, 4) is 0 Å². The number of hydrogen-bond acceptors (Lipinski definition) is 4. The summed E-state index contributed by atoms with van der Waals surface area (Å²) >= 11 is 0. The van der Waals surface area contributed by atoms with Crippen molar-refractivity contribution in [2.24, 2.45) is 0 Å². The van der Waals surface area contributed by atoms with E-state index in [0.29, 0.717) is 17.8 Å². The first-order valence-electron chi connectivity index (χ1n) is 5.71. The second-order valence-corrected chi connectivity index (χ2v) is 4.11. The van der Waals surface area contributed by atoms with E-state index in [2.05, 4.69) is 5.32 Å². The van der Waals surface area contributed by atoms with Gasteiger partial charge in [-0.3, -0.25) is 14.9 Å². The Kier molecular flexibility index (Phi) is 4.65. The first-order chi connectivity index (χ1) is 8.47. The van der Waals surface area contributed by atoms with Gasteiger partial charge in [-0.05, 0) is 12.5 Å². The molecular weight excluding hydrogens is 234 g/mol. The number of nitro benzene ring substituents is 1. The maximum absolute atomic E-state index is 11.9. The monoisotopic (exact) mass is 251 g/mol. The third kappa shape index (κ3) is 3.19. The predicted octanol–water partition coefficient (Wildman–Crippen LogP) is 1.80. The molecule has 6 nitrogen and oxygen atoms in total. The first-order valence-corrected chi connectivity index (χ1v) is 5.71. The molecule has 0 radical (unpaired) electrons. The number of non-ortho nitro benzene ring substituents is 1. The number of carbonyl (C=O) groups excluding carboxylic acids is 1. The zero-order valence-corrected chi connectivity index (χ0v) is 10.8. The number of anilines is 1. The average Bonchev–Trinajstić information content (AvgIpc) is 2.34. The van der Waals surface area contributed by atoms with Gasteiger partial charge in [0.2, 0.25) is 0 Å². The molecule has 0 aromatic heterocycles. The van der Waals surface area contributed by atoms with Crippen LogP contribution in [0, 0.1) is 10.1 Å². The van der Waals surface area contributed by atoms with Crippen LogP contribution >= 0.6 is 0 Å². The third-order valence-corrected chi connectivity index (χ3v) is 2.45. The second-order valence-electron chi connectivity index (χ2n) is 4.11. The number of amides is 1. The van der Waals surface area contributed by atoms with Gasteiger partial charge in [-0.15, -0.1) is 0 Å². The van der Waals surface area contributed by atoms with Crippen molar-refractivity contribution >= 4 is 17.3 Å². The highest BCUT2D eigenvalue weighted by atomic mass is 16.6. The van der Waals surface area contributed by atoms with E-state index >= 15 is 0 Å². The predicted molar refractivity (Wildman–Crippen MR) is 70.0 cm³/mol. The minimum atomic E-state index is -0.504. The molecule has 1 aromatic carbocycles. The molecule has 6 heteroatoms. The van der Waals surface area contributed by atoms with E-state index in [4.69, 9.17) is 0 Å². The number of nitro groups is 1. The van der Waals surface area contributed by atoms with Gasteiger partial charge in [0.25, 0.3) is 11.6 Å². The number of benzene rings is 1. The maximum atomic E-state index is 11.9. The Hall–Kier alpha value is -2.11. The topological polar surface area (TPSA) is 75.5 Å². The molecule has 0 saturated carbocycles. The van der Waals surface area contributed by atoms with E-state index < -0.39 is 4.92 Å². The highest BCUT2D eigenvalue weighted by Crippen LogP contribution is 2.24.